The summed E-state index contributed by atoms with van der Waals surface area (Å²) in [5.41, 5.74) is 4.79. The van der Waals surface area contributed by atoms with Gasteiger partial charge in [0.05, 0.1) is 17.6 Å². The molecule has 6 heteroatoms. The van der Waals surface area contributed by atoms with E-state index in [0.717, 1.165) is 0 Å². The van der Waals surface area contributed by atoms with Gasteiger partial charge in [-0.25, -0.2) is 0 Å². The minimum atomic E-state index is -0.960. The summed E-state index contributed by atoms with van der Waals surface area (Å²) in [4.78, 5) is 24.9. The quantitative estimate of drug-likeness (QED) is 0.562. The monoisotopic (exact) mass is 256 g/mol. The summed E-state index contributed by atoms with van der Waals surface area (Å²) in [7, 11) is 0. The Hall–Kier alpha value is -1.14. The van der Waals surface area contributed by atoms with Gasteiger partial charge in [0.2, 0.25) is 11.8 Å². The first-order valence-electron chi connectivity index (χ1n) is 6.34. The minimum Gasteiger partial charge on any atom is -0.393 e. The highest BCUT2D eigenvalue weighted by Gasteiger charge is 2.56. The molecule has 2 fully saturated rings. The Morgan fingerprint density at radius 2 is 2.06 bits per heavy atom. The number of β-lactam (4-membered cyclic amide) rings is 1. The average Bonchev–Trinajstić information content (AvgIpc) is 2.30. The summed E-state index contributed by atoms with van der Waals surface area (Å²) in [6.07, 6.45) is 1.26. The summed E-state index contributed by atoms with van der Waals surface area (Å²) in [5, 5.41) is 19.0. The van der Waals surface area contributed by atoms with Crippen LogP contribution in [0.5, 0.6) is 0 Å². The van der Waals surface area contributed by atoms with Gasteiger partial charge in [0, 0.05) is 6.54 Å². The van der Waals surface area contributed by atoms with Crippen LogP contribution >= 0.6 is 0 Å². The molecule has 1 heterocycles. The number of hydrogen-bond acceptors (Lipinski definition) is 4. The molecule has 102 valence electrons. The first kappa shape index (κ1) is 13.3. The molecule has 1 saturated heterocycles. The molecule has 1 aliphatic carbocycles. The van der Waals surface area contributed by atoms with Crippen LogP contribution in [0, 0.1) is 5.41 Å². The number of primary amides is 1. The summed E-state index contributed by atoms with van der Waals surface area (Å²) < 4.78 is 0. The van der Waals surface area contributed by atoms with Crippen molar-refractivity contribution in [3.63, 3.8) is 0 Å². The zero-order valence-electron chi connectivity index (χ0n) is 10.5. The Bertz CT molecular complexity index is 361. The maximum Gasteiger partial charge on any atom is 0.242 e. The SMILES string of the molecule is CC(O)C(C(N)=O)N1CC2(CCC(O)CC2)C1=O. The molecule has 0 aromatic carbocycles. The van der Waals surface area contributed by atoms with E-state index in [1.54, 1.807) is 0 Å². The normalized spacial score (nSPS) is 35.2. The smallest absolute Gasteiger partial charge is 0.242 e. The molecule has 1 spiro atoms. The fraction of sp³-hybridized carbons (Fsp3) is 0.833. The summed E-state index contributed by atoms with van der Waals surface area (Å²) in [6, 6.07) is -0.935. The second kappa shape index (κ2) is 4.51. The van der Waals surface area contributed by atoms with Crippen molar-refractivity contribution in [1.29, 1.82) is 0 Å². The van der Waals surface area contributed by atoms with Crippen LogP contribution in [-0.4, -0.2) is 51.7 Å². The molecule has 6 nitrogen and oxygen atoms in total. The number of carbonyl (C=O) groups excluding carboxylic acids is 2. The average molecular weight is 256 g/mol. The van der Waals surface area contributed by atoms with Crippen molar-refractivity contribution in [3.8, 4) is 0 Å². The van der Waals surface area contributed by atoms with Crippen molar-refractivity contribution >= 4 is 11.8 Å². The van der Waals surface area contributed by atoms with Crippen LogP contribution < -0.4 is 5.73 Å². The lowest BCUT2D eigenvalue weighted by molar-refractivity contribution is -0.176. The van der Waals surface area contributed by atoms with Crippen LogP contribution in [0.4, 0.5) is 0 Å². The van der Waals surface area contributed by atoms with Crippen LogP contribution in [0.1, 0.15) is 32.6 Å². The number of rotatable bonds is 3. The molecule has 0 aromatic rings. The van der Waals surface area contributed by atoms with Gasteiger partial charge in [0.15, 0.2) is 0 Å². The van der Waals surface area contributed by atoms with Gasteiger partial charge >= 0.3 is 0 Å². The van der Waals surface area contributed by atoms with Crippen molar-refractivity contribution in [1.82, 2.24) is 4.90 Å². The highest BCUT2D eigenvalue weighted by Crippen LogP contribution is 2.46. The second-order valence-electron chi connectivity index (χ2n) is 5.53. The van der Waals surface area contributed by atoms with Gasteiger partial charge in [0.1, 0.15) is 6.04 Å². The van der Waals surface area contributed by atoms with Crippen molar-refractivity contribution < 1.29 is 19.8 Å². The summed E-state index contributed by atoms with van der Waals surface area (Å²) in [5.74, 6) is -0.789. The van der Waals surface area contributed by atoms with Gasteiger partial charge in [0.25, 0.3) is 0 Å². The Balaban J connectivity index is 2.05. The van der Waals surface area contributed by atoms with Crippen LogP contribution in [0.2, 0.25) is 0 Å². The number of aliphatic hydroxyl groups excluding tert-OH is 2. The number of amides is 2. The molecule has 2 rings (SSSR count). The van der Waals surface area contributed by atoms with E-state index in [1.807, 2.05) is 0 Å². The van der Waals surface area contributed by atoms with Gasteiger partial charge < -0.3 is 20.8 Å². The van der Waals surface area contributed by atoms with Crippen molar-refractivity contribution in [2.45, 2.75) is 50.9 Å². The molecule has 0 aromatic heterocycles. The summed E-state index contributed by atoms with van der Waals surface area (Å²) >= 11 is 0. The van der Waals surface area contributed by atoms with Crippen molar-refractivity contribution in [2.75, 3.05) is 6.54 Å². The molecule has 2 amide bonds. The highest BCUT2D eigenvalue weighted by atomic mass is 16.3. The molecule has 2 atom stereocenters. The number of hydrogen-bond donors (Lipinski definition) is 3. The van der Waals surface area contributed by atoms with Gasteiger partial charge in [-0.1, -0.05) is 0 Å². The van der Waals surface area contributed by atoms with Gasteiger partial charge in [-0.2, -0.15) is 0 Å². The van der Waals surface area contributed by atoms with E-state index >= 15 is 0 Å². The molecule has 2 unspecified atom stereocenters. The fourth-order valence-corrected chi connectivity index (χ4v) is 3.08. The van der Waals surface area contributed by atoms with E-state index in [-0.39, 0.29) is 12.0 Å². The van der Waals surface area contributed by atoms with Crippen LogP contribution in [-0.2, 0) is 9.59 Å². The number of aliphatic hydroxyl groups is 2. The first-order chi connectivity index (χ1) is 8.37. The lowest BCUT2D eigenvalue weighted by Crippen LogP contribution is -2.69. The molecular formula is C12H20N2O4. The molecule has 0 radical (unpaired) electrons. The number of carbonyl (C=O) groups is 2. The lowest BCUT2D eigenvalue weighted by atomic mass is 9.66. The Kier molecular flexibility index (Phi) is 3.33. The van der Waals surface area contributed by atoms with Crippen LogP contribution in [0.3, 0.4) is 0 Å². The van der Waals surface area contributed by atoms with E-state index in [1.165, 1.54) is 11.8 Å². The second-order valence-corrected chi connectivity index (χ2v) is 5.53. The molecule has 1 aliphatic heterocycles. The highest BCUT2D eigenvalue weighted by molar-refractivity contribution is 5.94. The molecule has 0 bridgehead atoms. The standard InChI is InChI=1S/C12H20N2O4/c1-7(15)9(10(13)17)14-6-12(11(14)18)4-2-8(16)3-5-12/h7-9,15-16H,2-6H2,1H3,(H2,13,17). The van der Waals surface area contributed by atoms with E-state index in [2.05, 4.69) is 0 Å². The third-order valence-electron chi connectivity index (χ3n) is 4.18. The van der Waals surface area contributed by atoms with E-state index in [0.29, 0.717) is 32.2 Å². The number of nitrogens with zero attached hydrogens (tertiary/aromatic N) is 1. The Morgan fingerprint density at radius 3 is 2.44 bits per heavy atom. The molecule has 18 heavy (non-hydrogen) atoms. The number of likely N-dealkylation sites (tertiary alicyclic amines) is 1. The topological polar surface area (TPSA) is 104 Å². The Morgan fingerprint density at radius 1 is 1.50 bits per heavy atom. The molecular weight excluding hydrogens is 236 g/mol. The predicted molar refractivity (Wildman–Crippen MR) is 63.3 cm³/mol. The van der Waals surface area contributed by atoms with Gasteiger partial charge in [-0.3, -0.25) is 9.59 Å². The summed E-state index contributed by atoms with van der Waals surface area (Å²) in [6.45, 7) is 1.91. The van der Waals surface area contributed by atoms with Crippen molar-refractivity contribution in [2.24, 2.45) is 11.1 Å². The van der Waals surface area contributed by atoms with Crippen LogP contribution in [0.25, 0.3) is 0 Å². The van der Waals surface area contributed by atoms with Crippen molar-refractivity contribution in [3.05, 3.63) is 0 Å². The minimum absolute atomic E-state index is 0.112. The van der Waals surface area contributed by atoms with Crippen LogP contribution in [0.15, 0.2) is 0 Å². The zero-order chi connectivity index (χ0) is 13.5. The molecule has 2 aliphatic rings. The third kappa shape index (κ3) is 1.99. The zero-order valence-corrected chi connectivity index (χ0v) is 10.5. The lowest BCUT2D eigenvalue weighted by Gasteiger charge is -2.54. The van der Waals surface area contributed by atoms with Gasteiger partial charge in [-0.05, 0) is 32.6 Å². The van der Waals surface area contributed by atoms with E-state index in [4.69, 9.17) is 5.73 Å². The van der Waals surface area contributed by atoms with Gasteiger partial charge in [-0.15, -0.1) is 0 Å². The maximum absolute atomic E-state index is 12.2. The predicted octanol–water partition coefficient (Wildman–Crippen LogP) is -1.02. The third-order valence-corrected chi connectivity index (χ3v) is 4.18. The largest absolute Gasteiger partial charge is 0.393 e. The van der Waals surface area contributed by atoms with E-state index < -0.39 is 23.5 Å². The molecule has 1 saturated carbocycles. The number of nitrogens with two attached hydrogens (primary N) is 1. The Labute approximate surface area is 106 Å². The molecule has 4 N–H and O–H groups in total. The van der Waals surface area contributed by atoms with E-state index in [9.17, 15) is 19.8 Å². The first-order valence-corrected chi connectivity index (χ1v) is 6.34. The fourth-order valence-electron chi connectivity index (χ4n) is 3.08. The maximum atomic E-state index is 12.2.